The van der Waals surface area contributed by atoms with Crippen LogP contribution in [-0.4, -0.2) is 51.1 Å². The standard InChI is InChI=1S/C22H28N4O2.HI/c1-23-22(24-14-16-8-10-17(11-9-16)21(27)26(2)3)25-15-18-12-13-28-20-7-5-4-6-19(18)20;/h4-11,18H,12-15H2,1-3H3,(H2,23,24,25);1H. The molecule has 1 aliphatic rings. The molecule has 0 fully saturated rings. The number of benzene rings is 2. The highest BCUT2D eigenvalue weighted by atomic mass is 127. The molecule has 0 aromatic heterocycles. The minimum Gasteiger partial charge on any atom is -0.493 e. The summed E-state index contributed by atoms with van der Waals surface area (Å²) in [5, 5.41) is 6.75. The van der Waals surface area contributed by atoms with E-state index in [4.69, 9.17) is 4.74 Å². The van der Waals surface area contributed by atoms with E-state index in [1.165, 1.54) is 5.56 Å². The van der Waals surface area contributed by atoms with Gasteiger partial charge in [0.2, 0.25) is 0 Å². The molecule has 0 aliphatic carbocycles. The van der Waals surface area contributed by atoms with E-state index in [0.717, 1.165) is 36.8 Å². The molecule has 6 nitrogen and oxygen atoms in total. The van der Waals surface area contributed by atoms with Crippen LogP contribution in [0.4, 0.5) is 0 Å². The SMILES string of the molecule is CN=C(NCc1ccc(C(=O)N(C)C)cc1)NCC1CCOc2ccccc21.I. The number of nitrogens with zero attached hydrogens (tertiary/aromatic N) is 2. The van der Waals surface area contributed by atoms with Crippen LogP contribution in [0.25, 0.3) is 0 Å². The van der Waals surface area contributed by atoms with Crippen LogP contribution in [0, 0.1) is 0 Å². The fourth-order valence-corrected chi connectivity index (χ4v) is 3.28. The van der Waals surface area contributed by atoms with Gasteiger partial charge < -0.3 is 20.3 Å². The molecule has 1 aliphatic heterocycles. The van der Waals surface area contributed by atoms with Crippen molar-refractivity contribution in [1.29, 1.82) is 0 Å². The van der Waals surface area contributed by atoms with E-state index in [1.807, 2.05) is 36.4 Å². The van der Waals surface area contributed by atoms with E-state index in [2.05, 4.69) is 27.8 Å². The Hall–Kier alpha value is -2.29. The maximum absolute atomic E-state index is 12.0. The molecule has 156 valence electrons. The van der Waals surface area contributed by atoms with Crippen LogP contribution >= 0.6 is 24.0 Å². The van der Waals surface area contributed by atoms with Crippen LogP contribution < -0.4 is 15.4 Å². The maximum Gasteiger partial charge on any atom is 0.253 e. The lowest BCUT2D eigenvalue weighted by Gasteiger charge is -2.26. The average molecular weight is 508 g/mol. The number of amides is 1. The van der Waals surface area contributed by atoms with Gasteiger partial charge >= 0.3 is 0 Å². The Balaban J connectivity index is 0.00000300. The zero-order valence-electron chi connectivity index (χ0n) is 17.1. The molecule has 2 aromatic carbocycles. The smallest absolute Gasteiger partial charge is 0.253 e. The Labute approximate surface area is 189 Å². The molecule has 1 unspecified atom stereocenters. The van der Waals surface area contributed by atoms with Gasteiger partial charge in [-0.05, 0) is 35.7 Å². The maximum atomic E-state index is 12.0. The number of nitrogens with one attached hydrogen (secondary N) is 2. The molecule has 2 aromatic rings. The predicted octanol–water partition coefficient (Wildman–Crippen LogP) is 3.24. The highest BCUT2D eigenvalue weighted by Gasteiger charge is 2.21. The van der Waals surface area contributed by atoms with Crippen LogP contribution in [0.3, 0.4) is 0 Å². The summed E-state index contributed by atoms with van der Waals surface area (Å²) in [5.74, 6) is 2.15. The Morgan fingerprint density at radius 2 is 1.86 bits per heavy atom. The summed E-state index contributed by atoms with van der Waals surface area (Å²) in [4.78, 5) is 17.9. The van der Waals surface area contributed by atoms with Crippen molar-refractivity contribution in [2.45, 2.75) is 18.9 Å². The fourth-order valence-electron chi connectivity index (χ4n) is 3.28. The van der Waals surface area contributed by atoms with E-state index in [9.17, 15) is 4.79 Å². The second kappa shape index (κ2) is 11.0. The molecule has 7 heteroatoms. The van der Waals surface area contributed by atoms with Gasteiger partial charge in [-0.15, -0.1) is 24.0 Å². The number of carbonyl (C=O) groups is 1. The van der Waals surface area contributed by atoms with Gasteiger partial charge in [0.15, 0.2) is 5.96 Å². The first-order chi connectivity index (χ1) is 13.6. The number of rotatable bonds is 5. The molecular weight excluding hydrogens is 479 g/mol. The summed E-state index contributed by atoms with van der Waals surface area (Å²) in [7, 11) is 5.28. The van der Waals surface area contributed by atoms with Crippen molar-refractivity contribution in [1.82, 2.24) is 15.5 Å². The molecule has 29 heavy (non-hydrogen) atoms. The van der Waals surface area contributed by atoms with Crippen molar-refractivity contribution < 1.29 is 9.53 Å². The second-order valence-electron chi connectivity index (χ2n) is 7.08. The van der Waals surface area contributed by atoms with E-state index in [1.54, 1.807) is 26.0 Å². The van der Waals surface area contributed by atoms with Gasteiger partial charge in [0.25, 0.3) is 5.91 Å². The summed E-state index contributed by atoms with van der Waals surface area (Å²) >= 11 is 0. The minimum absolute atomic E-state index is 0. The zero-order chi connectivity index (χ0) is 19.9. The first-order valence-corrected chi connectivity index (χ1v) is 9.55. The summed E-state index contributed by atoms with van der Waals surface area (Å²) in [6.45, 7) is 2.18. The third kappa shape index (κ3) is 6.09. The lowest BCUT2D eigenvalue weighted by Crippen LogP contribution is -2.39. The molecule has 0 spiro atoms. The minimum atomic E-state index is 0. The van der Waals surface area contributed by atoms with Crippen molar-refractivity contribution in [3.8, 4) is 5.75 Å². The molecule has 1 amide bonds. The molecule has 3 rings (SSSR count). The number of ether oxygens (including phenoxy) is 1. The summed E-state index contributed by atoms with van der Waals surface area (Å²) < 4.78 is 5.73. The Morgan fingerprint density at radius 1 is 1.14 bits per heavy atom. The fraction of sp³-hybridized carbons (Fsp3) is 0.364. The zero-order valence-corrected chi connectivity index (χ0v) is 19.5. The quantitative estimate of drug-likeness (QED) is 0.370. The summed E-state index contributed by atoms with van der Waals surface area (Å²) in [6.07, 6.45) is 0.988. The van der Waals surface area contributed by atoms with Crippen LogP contribution in [0.1, 0.15) is 33.8 Å². The van der Waals surface area contributed by atoms with Crippen LogP contribution in [0.15, 0.2) is 53.5 Å². The van der Waals surface area contributed by atoms with Crippen LogP contribution in [0.5, 0.6) is 5.75 Å². The molecular formula is C22H29IN4O2. The van der Waals surface area contributed by atoms with Gasteiger partial charge in [-0.25, -0.2) is 0 Å². The number of guanidine groups is 1. The monoisotopic (exact) mass is 508 g/mol. The van der Waals surface area contributed by atoms with Crippen molar-refractivity contribution in [3.05, 3.63) is 65.2 Å². The topological polar surface area (TPSA) is 66.0 Å². The number of fused-ring (bicyclic) bond motifs is 1. The molecule has 0 radical (unpaired) electrons. The van der Waals surface area contributed by atoms with Crippen LogP contribution in [0.2, 0.25) is 0 Å². The average Bonchev–Trinajstić information content (AvgIpc) is 2.73. The highest BCUT2D eigenvalue weighted by Crippen LogP contribution is 2.32. The van der Waals surface area contributed by atoms with Gasteiger partial charge in [-0.2, -0.15) is 0 Å². The predicted molar refractivity (Wildman–Crippen MR) is 127 cm³/mol. The lowest BCUT2D eigenvalue weighted by molar-refractivity contribution is 0.0827. The Kier molecular flexibility index (Phi) is 8.75. The van der Waals surface area contributed by atoms with Gasteiger partial charge in [0.05, 0.1) is 6.61 Å². The largest absolute Gasteiger partial charge is 0.493 e. The third-order valence-corrected chi connectivity index (χ3v) is 4.89. The number of hydrogen-bond donors (Lipinski definition) is 2. The van der Waals surface area contributed by atoms with Gasteiger partial charge in [0, 0.05) is 45.7 Å². The number of carbonyl (C=O) groups excluding carboxylic acids is 1. The third-order valence-electron chi connectivity index (χ3n) is 4.89. The van der Waals surface area contributed by atoms with Crippen molar-refractivity contribution in [2.75, 3.05) is 34.3 Å². The summed E-state index contributed by atoms with van der Waals surface area (Å²) in [6, 6.07) is 15.9. The Morgan fingerprint density at radius 3 is 2.55 bits per heavy atom. The number of aliphatic imine (C=N–C) groups is 1. The molecule has 1 heterocycles. The number of hydrogen-bond acceptors (Lipinski definition) is 3. The first-order valence-electron chi connectivity index (χ1n) is 9.55. The summed E-state index contributed by atoms with van der Waals surface area (Å²) in [5.41, 5.74) is 3.03. The highest BCUT2D eigenvalue weighted by molar-refractivity contribution is 14.0. The van der Waals surface area contributed by atoms with Gasteiger partial charge in [-0.1, -0.05) is 30.3 Å². The van der Waals surface area contributed by atoms with Crippen LogP contribution in [-0.2, 0) is 6.54 Å². The molecule has 1 atom stereocenters. The first kappa shape index (κ1) is 23.0. The number of para-hydroxylation sites is 1. The Bertz CT molecular complexity index is 837. The molecule has 0 saturated carbocycles. The lowest BCUT2D eigenvalue weighted by atomic mass is 9.93. The normalized spacial score (nSPS) is 15.4. The molecule has 0 saturated heterocycles. The van der Waals surface area contributed by atoms with Crippen molar-refractivity contribution in [3.63, 3.8) is 0 Å². The second-order valence-corrected chi connectivity index (χ2v) is 7.08. The molecule has 2 N–H and O–H groups in total. The number of halogens is 1. The molecule has 0 bridgehead atoms. The van der Waals surface area contributed by atoms with Crippen molar-refractivity contribution in [2.24, 2.45) is 4.99 Å². The van der Waals surface area contributed by atoms with E-state index in [-0.39, 0.29) is 29.9 Å². The van der Waals surface area contributed by atoms with E-state index < -0.39 is 0 Å². The van der Waals surface area contributed by atoms with Gasteiger partial charge in [0.1, 0.15) is 5.75 Å². The van der Waals surface area contributed by atoms with E-state index >= 15 is 0 Å². The van der Waals surface area contributed by atoms with Crippen molar-refractivity contribution >= 4 is 35.8 Å². The van der Waals surface area contributed by atoms with Gasteiger partial charge in [-0.3, -0.25) is 9.79 Å². The van der Waals surface area contributed by atoms with E-state index in [0.29, 0.717) is 18.0 Å².